The van der Waals surface area contributed by atoms with E-state index in [1.807, 2.05) is 28.0 Å². The zero-order valence-corrected chi connectivity index (χ0v) is 20.8. The first-order valence-corrected chi connectivity index (χ1v) is 12.6. The Hall–Kier alpha value is -2.39. The Morgan fingerprint density at radius 2 is 1.64 bits per heavy atom. The van der Waals surface area contributed by atoms with E-state index in [-0.39, 0.29) is 35.9 Å². The van der Waals surface area contributed by atoms with Gasteiger partial charge in [0.15, 0.2) is 0 Å². The Labute approximate surface area is 214 Å². The van der Waals surface area contributed by atoms with Crippen molar-refractivity contribution in [2.24, 2.45) is 0 Å². The lowest BCUT2D eigenvalue weighted by Crippen LogP contribution is -2.52. The van der Waals surface area contributed by atoms with Crippen LogP contribution in [0.2, 0.25) is 5.02 Å². The van der Waals surface area contributed by atoms with Gasteiger partial charge in [-0.1, -0.05) is 60.2 Å². The van der Waals surface area contributed by atoms with Crippen LogP contribution >= 0.6 is 11.6 Å². The van der Waals surface area contributed by atoms with Gasteiger partial charge in [0.25, 0.3) is 0 Å². The number of nitrogens with zero attached hydrogens (tertiary/aromatic N) is 3. The third-order valence-corrected chi connectivity index (χ3v) is 7.38. The van der Waals surface area contributed by atoms with Crippen LogP contribution in [0.4, 0.5) is 13.2 Å². The highest BCUT2D eigenvalue weighted by molar-refractivity contribution is 6.31. The van der Waals surface area contributed by atoms with E-state index in [1.54, 1.807) is 0 Å². The third kappa shape index (κ3) is 6.68. The number of halogens is 4. The standard InChI is InChI=1S/C27H31ClF3N3O2/c28-24-9-8-22(19-23(24)27(29,30)31)26(36)10-13-33(14-11-26)20-25(35)34-17-15-32(16-18-34)12-4-7-21-5-2-1-3-6-21/h1-9,19,36H,10-18,20H2/b7-4+. The zero-order valence-electron chi connectivity index (χ0n) is 20.1. The highest BCUT2D eigenvalue weighted by atomic mass is 35.5. The molecule has 1 N–H and O–H groups in total. The minimum absolute atomic E-state index is 0.0470. The maximum Gasteiger partial charge on any atom is 0.417 e. The molecule has 0 atom stereocenters. The summed E-state index contributed by atoms with van der Waals surface area (Å²) in [6.07, 6.45) is 0.156. The summed E-state index contributed by atoms with van der Waals surface area (Å²) < 4.78 is 39.7. The lowest BCUT2D eigenvalue weighted by molar-refractivity contribution is -0.138. The molecule has 36 heavy (non-hydrogen) atoms. The Morgan fingerprint density at radius 1 is 0.972 bits per heavy atom. The van der Waals surface area contributed by atoms with Crippen molar-refractivity contribution in [2.45, 2.75) is 24.6 Å². The van der Waals surface area contributed by atoms with Gasteiger partial charge in [0.1, 0.15) is 0 Å². The molecule has 0 aliphatic carbocycles. The quantitative estimate of drug-likeness (QED) is 0.608. The number of likely N-dealkylation sites (tertiary alicyclic amines) is 1. The van der Waals surface area contributed by atoms with Gasteiger partial charge in [-0.05, 0) is 36.1 Å². The molecule has 5 nitrogen and oxygen atoms in total. The van der Waals surface area contributed by atoms with E-state index >= 15 is 0 Å². The summed E-state index contributed by atoms with van der Waals surface area (Å²) in [7, 11) is 0. The van der Waals surface area contributed by atoms with Crippen molar-refractivity contribution >= 4 is 23.6 Å². The van der Waals surface area contributed by atoms with Crippen molar-refractivity contribution in [1.29, 1.82) is 0 Å². The van der Waals surface area contributed by atoms with E-state index in [0.717, 1.165) is 31.3 Å². The van der Waals surface area contributed by atoms with Crippen molar-refractivity contribution in [1.82, 2.24) is 14.7 Å². The van der Waals surface area contributed by atoms with Crippen LogP contribution in [0.3, 0.4) is 0 Å². The number of aliphatic hydroxyl groups is 1. The first-order valence-electron chi connectivity index (χ1n) is 12.2. The monoisotopic (exact) mass is 521 g/mol. The second kappa shape index (κ2) is 11.3. The molecule has 2 aliphatic heterocycles. The smallest absolute Gasteiger partial charge is 0.385 e. The Balaban J connectivity index is 1.23. The third-order valence-electron chi connectivity index (χ3n) is 7.05. The molecule has 1 amide bonds. The predicted molar refractivity (Wildman–Crippen MR) is 135 cm³/mol. The van der Waals surface area contributed by atoms with Crippen LogP contribution in [-0.4, -0.2) is 78.1 Å². The molecule has 194 valence electrons. The predicted octanol–water partition coefficient (Wildman–Crippen LogP) is 4.50. The van der Waals surface area contributed by atoms with Gasteiger partial charge in [0.05, 0.1) is 22.7 Å². The van der Waals surface area contributed by atoms with Gasteiger partial charge >= 0.3 is 6.18 Å². The second-order valence-electron chi connectivity index (χ2n) is 9.49. The molecule has 4 rings (SSSR count). The molecule has 2 saturated heterocycles. The zero-order chi connectivity index (χ0) is 25.8. The van der Waals surface area contributed by atoms with Gasteiger partial charge in [-0.2, -0.15) is 13.2 Å². The maximum absolute atomic E-state index is 13.2. The molecular weight excluding hydrogens is 491 g/mol. The fourth-order valence-electron chi connectivity index (χ4n) is 4.77. The minimum Gasteiger partial charge on any atom is -0.385 e. The normalized spacial score (nSPS) is 19.6. The van der Waals surface area contributed by atoms with Crippen LogP contribution in [-0.2, 0) is 16.6 Å². The highest BCUT2D eigenvalue weighted by Gasteiger charge is 2.39. The summed E-state index contributed by atoms with van der Waals surface area (Å²) >= 11 is 5.72. The Bertz CT molecular complexity index is 1060. The number of hydrogen-bond acceptors (Lipinski definition) is 4. The van der Waals surface area contributed by atoms with Crippen LogP contribution in [0.1, 0.15) is 29.5 Å². The van der Waals surface area contributed by atoms with Crippen molar-refractivity contribution in [3.8, 4) is 0 Å². The molecule has 2 fully saturated rings. The molecule has 0 bridgehead atoms. The van der Waals surface area contributed by atoms with Crippen molar-refractivity contribution in [2.75, 3.05) is 52.4 Å². The van der Waals surface area contributed by atoms with Gasteiger partial charge < -0.3 is 10.0 Å². The van der Waals surface area contributed by atoms with Crippen molar-refractivity contribution in [3.63, 3.8) is 0 Å². The topological polar surface area (TPSA) is 47.0 Å². The van der Waals surface area contributed by atoms with Gasteiger partial charge in [-0.25, -0.2) is 0 Å². The van der Waals surface area contributed by atoms with Crippen molar-refractivity contribution in [3.05, 3.63) is 76.3 Å². The molecule has 2 aromatic rings. The molecule has 2 aliphatic rings. The number of carbonyl (C=O) groups is 1. The summed E-state index contributed by atoms with van der Waals surface area (Å²) in [5.41, 5.74) is -0.940. The van der Waals surface area contributed by atoms with Crippen LogP contribution in [0.25, 0.3) is 6.08 Å². The lowest BCUT2D eigenvalue weighted by atomic mass is 9.83. The SMILES string of the molecule is O=C(CN1CCC(O)(c2ccc(Cl)c(C(F)(F)F)c2)CC1)N1CCN(C/C=C/c2ccccc2)CC1. The summed E-state index contributed by atoms with van der Waals surface area (Å²) in [5.74, 6) is 0.0470. The molecule has 2 heterocycles. The number of piperazine rings is 1. The average Bonchev–Trinajstić information content (AvgIpc) is 2.86. The molecule has 0 saturated carbocycles. The van der Waals surface area contributed by atoms with Crippen LogP contribution in [0.5, 0.6) is 0 Å². The first kappa shape index (κ1) is 26.7. The number of alkyl halides is 3. The lowest BCUT2D eigenvalue weighted by Gasteiger charge is -2.40. The van der Waals surface area contributed by atoms with Gasteiger partial charge in [0, 0.05) is 45.8 Å². The number of rotatable bonds is 6. The van der Waals surface area contributed by atoms with Crippen LogP contribution in [0, 0.1) is 0 Å². The van der Waals surface area contributed by atoms with Gasteiger partial charge in [-0.3, -0.25) is 14.6 Å². The van der Waals surface area contributed by atoms with E-state index in [1.165, 1.54) is 12.1 Å². The number of amides is 1. The van der Waals surface area contributed by atoms with E-state index in [4.69, 9.17) is 11.6 Å². The second-order valence-corrected chi connectivity index (χ2v) is 9.90. The average molecular weight is 522 g/mol. The number of carbonyl (C=O) groups excluding carboxylic acids is 1. The minimum atomic E-state index is -4.58. The highest BCUT2D eigenvalue weighted by Crippen LogP contribution is 2.39. The molecule has 0 radical (unpaired) electrons. The van der Waals surface area contributed by atoms with Crippen LogP contribution < -0.4 is 0 Å². The molecule has 2 aromatic carbocycles. The summed E-state index contributed by atoms with van der Waals surface area (Å²) in [6.45, 7) is 4.89. The van der Waals surface area contributed by atoms with Gasteiger partial charge in [0.2, 0.25) is 5.91 Å². The summed E-state index contributed by atoms with van der Waals surface area (Å²) in [5, 5.41) is 10.7. The van der Waals surface area contributed by atoms with E-state index in [9.17, 15) is 23.1 Å². The van der Waals surface area contributed by atoms with E-state index < -0.39 is 17.3 Å². The fourth-order valence-corrected chi connectivity index (χ4v) is 5.00. The van der Waals surface area contributed by atoms with Crippen molar-refractivity contribution < 1.29 is 23.1 Å². The molecule has 0 aromatic heterocycles. The summed E-state index contributed by atoms with van der Waals surface area (Å²) in [6, 6.07) is 13.7. The first-order chi connectivity index (χ1) is 17.1. The largest absolute Gasteiger partial charge is 0.417 e. The number of hydrogen-bond donors (Lipinski definition) is 1. The van der Waals surface area contributed by atoms with Gasteiger partial charge in [-0.15, -0.1) is 0 Å². The molecule has 0 unspecified atom stereocenters. The molecular formula is C27H31ClF3N3O2. The maximum atomic E-state index is 13.2. The van der Waals surface area contributed by atoms with E-state index in [2.05, 4.69) is 29.2 Å². The van der Waals surface area contributed by atoms with Crippen LogP contribution in [0.15, 0.2) is 54.6 Å². The Morgan fingerprint density at radius 3 is 2.28 bits per heavy atom. The summed E-state index contributed by atoms with van der Waals surface area (Å²) in [4.78, 5) is 19.0. The number of piperidine rings is 1. The molecule has 9 heteroatoms. The molecule has 0 spiro atoms. The van der Waals surface area contributed by atoms with E-state index in [0.29, 0.717) is 26.2 Å². The fraction of sp³-hybridized carbons (Fsp3) is 0.444. The Kier molecular flexibility index (Phi) is 8.40. The number of benzene rings is 2.